The van der Waals surface area contributed by atoms with Gasteiger partial charge >= 0.3 is 0 Å². The fraction of sp³-hybridized carbons (Fsp3) is 0.450. The Balaban J connectivity index is 1.31. The molecule has 0 spiro atoms. The maximum absolute atomic E-state index is 12.4. The van der Waals surface area contributed by atoms with Crippen molar-refractivity contribution in [2.24, 2.45) is 0 Å². The van der Waals surface area contributed by atoms with Crippen molar-refractivity contribution in [3.63, 3.8) is 0 Å². The standard InChI is InChI=1S/C20H25N5O2/c21-16-4-6-19(23-14-16)27-17-7-11-24(12-8-17)18-5-3-15(13-22-18)20(26)25-9-1-2-10-25/h3-6,13-14,17H,1-2,7-12,21H2. The zero-order valence-electron chi connectivity index (χ0n) is 15.4. The van der Waals surface area contributed by atoms with Gasteiger partial charge in [-0.25, -0.2) is 9.97 Å². The molecule has 27 heavy (non-hydrogen) atoms. The molecule has 2 aromatic rings. The highest BCUT2D eigenvalue weighted by molar-refractivity contribution is 5.94. The molecule has 0 aromatic carbocycles. The van der Waals surface area contributed by atoms with Crippen molar-refractivity contribution in [1.82, 2.24) is 14.9 Å². The monoisotopic (exact) mass is 367 g/mol. The molecule has 4 rings (SSSR count). The van der Waals surface area contributed by atoms with Crippen LogP contribution in [0.1, 0.15) is 36.0 Å². The number of anilines is 2. The number of piperidine rings is 1. The van der Waals surface area contributed by atoms with Gasteiger partial charge in [0.25, 0.3) is 5.91 Å². The molecule has 0 radical (unpaired) electrons. The van der Waals surface area contributed by atoms with Crippen molar-refractivity contribution in [2.45, 2.75) is 31.8 Å². The van der Waals surface area contributed by atoms with Gasteiger partial charge in [-0.15, -0.1) is 0 Å². The molecule has 2 aromatic heterocycles. The average Bonchev–Trinajstić information content (AvgIpc) is 3.25. The topological polar surface area (TPSA) is 84.6 Å². The van der Waals surface area contributed by atoms with Crippen LogP contribution in [0.2, 0.25) is 0 Å². The summed E-state index contributed by atoms with van der Waals surface area (Å²) in [5, 5.41) is 0. The Morgan fingerprint density at radius 1 is 1.00 bits per heavy atom. The number of nitrogen functional groups attached to an aromatic ring is 1. The Morgan fingerprint density at radius 3 is 2.41 bits per heavy atom. The third-order valence-electron chi connectivity index (χ3n) is 5.20. The summed E-state index contributed by atoms with van der Waals surface area (Å²) in [7, 11) is 0. The SMILES string of the molecule is Nc1ccc(OC2CCN(c3ccc(C(=O)N4CCCC4)cn3)CC2)nc1. The number of hydrogen-bond donors (Lipinski definition) is 1. The number of nitrogens with two attached hydrogens (primary N) is 1. The second-order valence-corrected chi connectivity index (χ2v) is 7.14. The Kier molecular flexibility index (Phi) is 5.09. The van der Waals surface area contributed by atoms with Crippen LogP contribution in [-0.2, 0) is 0 Å². The first kappa shape index (κ1) is 17.6. The van der Waals surface area contributed by atoms with Gasteiger partial charge in [-0.1, -0.05) is 0 Å². The largest absolute Gasteiger partial charge is 0.474 e. The van der Waals surface area contributed by atoms with E-state index >= 15 is 0 Å². The lowest BCUT2D eigenvalue weighted by Gasteiger charge is -2.32. The molecular weight excluding hydrogens is 342 g/mol. The van der Waals surface area contributed by atoms with Crippen LogP contribution >= 0.6 is 0 Å². The van der Waals surface area contributed by atoms with E-state index in [0.717, 1.165) is 57.7 Å². The van der Waals surface area contributed by atoms with Gasteiger partial charge < -0.3 is 20.3 Å². The van der Waals surface area contributed by atoms with Crippen LogP contribution in [0.15, 0.2) is 36.7 Å². The van der Waals surface area contributed by atoms with Gasteiger partial charge in [-0.05, 0) is 31.0 Å². The summed E-state index contributed by atoms with van der Waals surface area (Å²) in [6, 6.07) is 7.45. The minimum absolute atomic E-state index is 0.0923. The first-order valence-electron chi connectivity index (χ1n) is 9.57. The van der Waals surface area contributed by atoms with E-state index in [9.17, 15) is 4.79 Å². The number of nitrogens with zero attached hydrogens (tertiary/aromatic N) is 4. The molecule has 0 unspecified atom stereocenters. The fourth-order valence-corrected chi connectivity index (χ4v) is 3.64. The lowest BCUT2D eigenvalue weighted by atomic mass is 10.1. The zero-order chi connectivity index (χ0) is 18.6. The zero-order valence-corrected chi connectivity index (χ0v) is 15.4. The Morgan fingerprint density at radius 2 is 1.78 bits per heavy atom. The molecule has 0 atom stereocenters. The van der Waals surface area contributed by atoms with Crippen LogP contribution in [0, 0.1) is 0 Å². The summed E-state index contributed by atoms with van der Waals surface area (Å²) >= 11 is 0. The van der Waals surface area contributed by atoms with Crippen LogP contribution in [0.4, 0.5) is 11.5 Å². The third-order valence-corrected chi connectivity index (χ3v) is 5.20. The molecule has 142 valence electrons. The molecule has 7 heteroatoms. The van der Waals surface area contributed by atoms with E-state index in [1.807, 2.05) is 17.0 Å². The summed E-state index contributed by atoms with van der Waals surface area (Å²) in [6.45, 7) is 3.45. The van der Waals surface area contributed by atoms with E-state index < -0.39 is 0 Å². The predicted octanol–water partition coefficient (Wildman–Crippen LogP) is 2.34. The number of carbonyl (C=O) groups excluding carboxylic acids is 1. The molecular formula is C20H25N5O2. The number of amides is 1. The van der Waals surface area contributed by atoms with Crippen molar-refractivity contribution in [3.8, 4) is 5.88 Å². The Hall–Kier alpha value is -2.83. The van der Waals surface area contributed by atoms with Crippen molar-refractivity contribution >= 4 is 17.4 Å². The first-order chi connectivity index (χ1) is 13.2. The van der Waals surface area contributed by atoms with Gasteiger partial charge in [0, 0.05) is 51.3 Å². The average molecular weight is 367 g/mol. The molecule has 0 aliphatic carbocycles. The molecule has 2 saturated heterocycles. The normalized spacial score (nSPS) is 17.9. The van der Waals surface area contributed by atoms with E-state index in [0.29, 0.717) is 17.1 Å². The minimum Gasteiger partial charge on any atom is -0.474 e. The highest BCUT2D eigenvalue weighted by Crippen LogP contribution is 2.22. The van der Waals surface area contributed by atoms with E-state index in [1.165, 1.54) is 0 Å². The molecule has 2 aliphatic rings. The number of aromatic nitrogens is 2. The molecule has 4 heterocycles. The highest BCUT2D eigenvalue weighted by atomic mass is 16.5. The molecule has 2 aliphatic heterocycles. The smallest absolute Gasteiger partial charge is 0.255 e. The third kappa shape index (κ3) is 4.13. The summed E-state index contributed by atoms with van der Waals surface area (Å²) in [6.07, 6.45) is 7.47. The van der Waals surface area contributed by atoms with Crippen molar-refractivity contribution < 1.29 is 9.53 Å². The maximum Gasteiger partial charge on any atom is 0.255 e. The van der Waals surface area contributed by atoms with E-state index in [-0.39, 0.29) is 12.0 Å². The number of pyridine rings is 2. The fourth-order valence-electron chi connectivity index (χ4n) is 3.64. The second-order valence-electron chi connectivity index (χ2n) is 7.14. The second kappa shape index (κ2) is 7.82. The van der Waals surface area contributed by atoms with Crippen LogP contribution in [0.25, 0.3) is 0 Å². The maximum atomic E-state index is 12.4. The number of rotatable bonds is 4. The number of hydrogen-bond acceptors (Lipinski definition) is 6. The van der Waals surface area contributed by atoms with Gasteiger partial charge in [-0.3, -0.25) is 4.79 Å². The summed E-state index contributed by atoms with van der Waals surface area (Å²) in [5.74, 6) is 1.62. The van der Waals surface area contributed by atoms with Crippen LogP contribution in [0.5, 0.6) is 5.88 Å². The van der Waals surface area contributed by atoms with Crippen molar-refractivity contribution in [3.05, 3.63) is 42.2 Å². The Labute approximate surface area is 159 Å². The van der Waals surface area contributed by atoms with Crippen LogP contribution < -0.4 is 15.4 Å². The Bertz CT molecular complexity index is 764. The predicted molar refractivity (Wildman–Crippen MR) is 104 cm³/mol. The van der Waals surface area contributed by atoms with Crippen molar-refractivity contribution in [1.29, 1.82) is 0 Å². The minimum atomic E-state index is 0.0923. The summed E-state index contributed by atoms with van der Waals surface area (Å²) in [5.41, 5.74) is 6.96. The number of ether oxygens (including phenoxy) is 1. The highest BCUT2D eigenvalue weighted by Gasteiger charge is 2.23. The van der Waals surface area contributed by atoms with Gasteiger partial charge in [0.2, 0.25) is 5.88 Å². The molecule has 2 fully saturated rings. The summed E-state index contributed by atoms with van der Waals surface area (Å²) < 4.78 is 5.94. The van der Waals surface area contributed by atoms with Crippen LogP contribution in [-0.4, -0.2) is 53.1 Å². The van der Waals surface area contributed by atoms with Gasteiger partial charge in [0.15, 0.2) is 0 Å². The molecule has 2 N–H and O–H groups in total. The van der Waals surface area contributed by atoms with Crippen molar-refractivity contribution in [2.75, 3.05) is 36.8 Å². The molecule has 0 bridgehead atoms. The molecule has 1 amide bonds. The molecule has 7 nitrogen and oxygen atoms in total. The quantitative estimate of drug-likeness (QED) is 0.893. The first-order valence-corrected chi connectivity index (χ1v) is 9.57. The lowest BCUT2D eigenvalue weighted by molar-refractivity contribution is 0.0792. The number of likely N-dealkylation sites (tertiary alicyclic amines) is 1. The van der Waals surface area contributed by atoms with Gasteiger partial charge in [-0.2, -0.15) is 0 Å². The van der Waals surface area contributed by atoms with E-state index in [2.05, 4.69) is 14.9 Å². The van der Waals surface area contributed by atoms with Gasteiger partial charge in [0.05, 0.1) is 17.4 Å². The van der Waals surface area contributed by atoms with Gasteiger partial charge in [0.1, 0.15) is 11.9 Å². The van der Waals surface area contributed by atoms with E-state index in [1.54, 1.807) is 24.5 Å². The summed E-state index contributed by atoms with van der Waals surface area (Å²) in [4.78, 5) is 25.3. The molecule has 0 saturated carbocycles. The number of carbonyl (C=O) groups is 1. The van der Waals surface area contributed by atoms with Crippen LogP contribution in [0.3, 0.4) is 0 Å². The van der Waals surface area contributed by atoms with E-state index in [4.69, 9.17) is 10.5 Å². The lowest BCUT2D eigenvalue weighted by Crippen LogP contribution is -2.38.